The molecule has 3 rings (SSSR count). The maximum absolute atomic E-state index is 12.5. The van der Waals surface area contributed by atoms with Crippen LogP contribution in [0.15, 0.2) is 18.2 Å². The maximum Gasteiger partial charge on any atom is 0.233 e. The van der Waals surface area contributed by atoms with Gasteiger partial charge < -0.3 is 9.47 Å². The molecule has 23 heavy (non-hydrogen) atoms. The molecule has 0 unspecified atom stereocenters. The highest BCUT2D eigenvalue weighted by Crippen LogP contribution is 2.39. The molecule has 0 bridgehead atoms. The van der Waals surface area contributed by atoms with Gasteiger partial charge in [-0.2, -0.15) is 0 Å². The first kappa shape index (κ1) is 15.8. The predicted molar refractivity (Wildman–Crippen MR) is 85.2 cm³/mol. The number of benzene rings is 1. The number of imide groups is 1. The fraction of sp³-hybridized carbons (Fsp3) is 0.556. The Hall–Kier alpha value is -2.04. The van der Waals surface area contributed by atoms with Crippen molar-refractivity contribution in [2.45, 2.75) is 39.2 Å². The average molecular weight is 317 g/mol. The molecule has 1 aromatic rings. The van der Waals surface area contributed by atoms with Crippen molar-refractivity contribution in [2.24, 2.45) is 11.8 Å². The van der Waals surface area contributed by atoms with E-state index in [2.05, 4.69) is 0 Å². The van der Waals surface area contributed by atoms with Crippen molar-refractivity contribution < 1.29 is 19.1 Å². The van der Waals surface area contributed by atoms with Crippen LogP contribution in [0.5, 0.6) is 11.5 Å². The Kier molecular flexibility index (Phi) is 4.55. The minimum Gasteiger partial charge on any atom is -0.493 e. The zero-order valence-electron chi connectivity index (χ0n) is 13.7. The lowest BCUT2D eigenvalue weighted by Crippen LogP contribution is -2.30. The van der Waals surface area contributed by atoms with Gasteiger partial charge in [0.15, 0.2) is 11.5 Å². The van der Waals surface area contributed by atoms with Crippen LogP contribution in [-0.4, -0.2) is 30.4 Å². The summed E-state index contributed by atoms with van der Waals surface area (Å²) in [5, 5.41) is 0. The summed E-state index contributed by atoms with van der Waals surface area (Å²) in [4.78, 5) is 26.5. The first-order chi connectivity index (χ1) is 11.2. The Morgan fingerprint density at radius 2 is 1.74 bits per heavy atom. The molecule has 0 spiro atoms. The molecular formula is C18H23NO4. The Morgan fingerprint density at radius 3 is 2.30 bits per heavy atom. The highest BCUT2D eigenvalue weighted by Gasteiger charge is 2.47. The molecule has 2 aliphatic rings. The molecule has 2 fully saturated rings. The van der Waals surface area contributed by atoms with Gasteiger partial charge >= 0.3 is 0 Å². The highest BCUT2D eigenvalue weighted by molar-refractivity contribution is 6.05. The van der Waals surface area contributed by atoms with E-state index in [4.69, 9.17) is 9.47 Å². The second-order valence-corrected chi connectivity index (χ2v) is 6.18. The lowest BCUT2D eigenvalue weighted by atomic mass is 9.81. The third-order valence-electron chi connectivity index (χ3n) is 4.80. The molecule has 5 heteroatoms. The standard InChI is InChI=1S/C18H23NO4/c1-3-23-16-10-12(8-9-15(16)22-2)11-19-17(20)13-6-4-5-7-14(13)18(19)21/h8-10,13-14H,3-7,11H2,1-2H3/t13-,14-/m1/s1. The topological polar surface area (TPSA) is 55.8 Å². The van der Waals surface area contributed by atoms with Crippen LogP contribution in [0.25, 0.3) is 0 Å². The van der Waals surface area contributed by atoms with Crippen LogP contribution in [-0.2, 0) is 16.1 Å². The van der Waals surface area contributed by atoms with Gasteiger partial charge in [-0.3, -0.25) is 14.5 Å². The number of carbonyl (C=O) groups is 2. The van der Waals surface area contributed by atoms with Crippen molar-refractivity contribution in [3.05, 3.63) is 23.8 Å². The molecule has 2 atom stereocenters. The van der Waals surface area contributed by atoms with Crippen molar-refractivity contribution in [3.63, 3.8) is 0 Å². The number of hydrogen-bond acceptors (Lipinski definition) is 4. The number of hydrogen-bond donors (Lipinski definition) is 0. The smallest absolute Gasteiger partial charge is 0.233 e. The first-order valence-corrected chi connectivity index (χ1v) is 8.30. The fourth-order valence-electron chi connectivity index (χ4n) is 3.66. The van der Waals surface area contributed by atoms with Crippen LogP contribution in [0, 0.1) is 11.8 Å². The molecule has 1 saturated heterocycles. The molecule has 0 N–H and O–H groups in total. The molecule has 0 radical (unpaired) electrons. The van der Waals surface area contributed by atoms with Gasteiger partial charge in [-0.15, -0.1) is 0 Å². The van der Waals surface area contributed by atoms with Crippen LogP contribution in [0.3, 0.4) is 0 Å². The first-order valence-electron chi connectivity index (χ1n) is 8.30. The van der Waals surface area contributed by atoms with E-state index >= 15 is 0 Å². The average Bonchev–Trinajstić information content (AvgIpc) is 2.81. The summed E-state index contributed by atoms with van der Waals surface area (Å²) in [5.74, 6) is 1.09. The summed E-state index contributed by atoms with van der Waals surface area (Å²) < 4.78 is 10.8. The van der Waals surface area contributed by atoms with Crippen molar-refractivity contribution in [3.8, 4) is 11.5 Å². The van der Waals surface area contributed by atoms with Gasteiger partial charge in [-0.25, -0.2) is 0 Å². The summed E-state index contributed by atoms with van der Waals surface area (Å²) in [6.07, 6.45) is 3.78. The van der Waals surface area contributed by atoms with Gasteiger partial charge in [0.25, 0.3) is 0 Å². The number of nitrogens with zero attached hydrogens (tertiary/aromatic N) is 1. The lowest BCUT2D eigenvalue weighted by Gasteiger charge is -2.19. The third-order valence-corrected chi connectivity index (χ3v) is 4.80. The Morgan fingerprint density at radius 1 is 1.09 bits per heavy atom. The third kappa shape index (κ3) is 2.92. The number of likely N-dealkylation sites (tertiary alicyclic amines) is 1. The minimum absolute atomic E-state index is 0.00604. The van der Waals surface area contributed by atoms with Gasteiger partial charge in [0.1, 0.15) is 0 Å². The maximum atomic E-state index is 12.5. The van der Waals surface area contributed by atoms with Crippen LogP contribution in [0.2, 0.25) is 0 Å². The summed E-state index contributed by atoms with van der Waals surface area (Å²) in [5.41, 5.74) is 0.884. The SMILES string of the molecule is CCOc1cc(CN2C(=O)[C@@H]3CCCC[C@H]3C2=O)ccc1OC. The normalized spacial score (nSPS) is 23.8. The van der Waals surface area contributed by atoms with Crippen LogP contribution in [0.1, 0.15) is 38.2 Å². The minimum atomic E-state index is -0.0964. The molecule has 1 saturated carbocycles. The van der Waals surface area contributed by atoms with Gasteiger partial charge in [0, 0.05) is 0 Å². The number of rotatable bonds is 5. The van der Waals surface area contributed by atoms with Crippen molar-refractivity contribution in [1.29, 1.82) is 0 Å². The molecule has 1 aliphatic carbocycles. The number of carbonyl (C=O) groups excluding carboxylic acids is 2. The zero-order chi connectivity index (χ0) is 16.4. The monoisotopic (exact) mass is 317 g/mol. The summed E-state index contributed by atoms with van der Waals surface area (Å²) in [7, 11) is 1.59. The Bertz CT molecular complexity index is 589. The summed E-state index contributed by atoms with van der Waals surface area (Å²) in [6, 6.07) is 5.55. The van der Waals surface area contributed by atoms with Gasteiger partial charge in [0.05, 0.1) is 32.1 Å². The molecule has 1 heterocycles. The van der Waals surface area contributed by atoms with Crippen molar-refractivity contribution in [2.75, 3.05) is 13.7 Å². The Labute approximate surface area is 136 Å². The number of amides is 2. The lowest BCUT2D eigenvalue weighted by molar-refractivity contribution is -0.140. The zero-order valence-corrected chi connectivity index (χ0v) is 13.7. The van der Waals surface area contributed by atoms with E-state index in [1.807, 2.05) is 25.1 Å². The van der Waals surface area contributed by atoms with Gasteiger partial charge in [-0.05, 0) is 37.5 Å². The molecule has 124 valence electrons. The molecule has 0 aromatic heterocycles. The molecule has 5 nitrogen and oxygen atoms in total. The summed E-state index contributed by atoms with van der Waals surface area (Å²) in [6.45, 7) is 2.75. The second-order valence-electron chi connectivity index (χ2n) is 6.18. The largest absolute Gasteiger partial charge is 0.493 e. The van der Waals surface area contributed by atoms with Crippen molar-refractivity contribution >= 4 is 11.8 Å². The number of fused-ring (bicyclic) bond motifs is 1. The van der Waals surface area contributed by atoms with Gasteiger partial charge in [0.2, 0.25) is 11.8 Å². The van der Waals surface area contributed by atoms with E-state index in [0.717, 1.165) is 31.2 Å². The molecule has 2 amide bonds. The van der Waals surface area contributed by atoms with Crippen LogP contribution in [0.4, 0.5) is 0 Å². The second kappa shape index (κ2) is 6.60. The van der Waals surface area contributed by atoms with E-state index in [9.17, 15) is 9.59 Å². The molecule has 1 aliphatic heterocycles. The quantitative estimate of drug-likeness (QED) is 0.784. The molecule has 1 aromatic carbocycles. The summed E-state index contributed by atoms with van der Waals surface area (Å²) >= 11 is 0. The van der Waals surface area contributed by atoms with Crippen LogP contribution < -0.4 is 9.47 Å². The van der Waals surface area contributed by atoms with Crippen LogP contribution >= 0.6 is 0 Å². The van der Waals surface area contributed by atoms with E-state index in [1.54, 1.807) is 7.11 Å². The van der Waals surface area contributed by atoms with E-state index in [0.29, 0.717) is 24.7 Å². The molecular weight excluding hydrogens is 294 g/mol. The van der Waals surface area contributed by atoms with Crippen molar-refractivity contribution in [1.82, 2.24) is 4.90 Å². The fourth-order valence-corrected chi connectivity index (χ4v) is 3.66. The number of methoxy groups -OCH3 is 1. The predicted octanol–water partition coefficient (Wildman–Crippen LogP) is 2.77. The number of ether oxygens (including phenoxy) is 2. The Balaban J connectivity index is 1.80. The van der Waals surface area contributed by atoms with Gasteiger partial charge in [-0.1, -0.05) is 18.9 Å². The van der Waals surface area contributed by atoms with E-state index < -0.39 is 0 Å². The van der Waals surface area contributed by atoms with E-state index in [-0.39, 0.29) is 23.7 Å². The highest BCUT2D eigenvalue weighted by atomic mass is 16.5. The van der Waals surface area contributed by atoms with E-state index in [1.165, 1.54) is 4.90 Å².